The van der Waals surface area contributed by atoms with Crippen LogP contribution in [0.25, 0.3) is 0 Å². The highest BCUT2D eigenvalue weighted by Gasteiger charge is 2.08. The van der Waals surface area contributed by atoms with Crippen LogP contribution in [0, 0.1) is 5.92 Å². The first-order chi connectivity index (χ1) is 5.93. The second-order valence-corrected chi connectivity index (χ2v) is 5.05. The summed E-state index contributed by atoms with van der Waals surface area (Å²) in [4.78, 5) is 11.2. The molecular weight excluding hydrogens is 277 g/mol. The molecule has 1 N–H and O–H groups in total. The Morgan fingerprint density at radius 1 is 1.38 bits per heavy atom. The molecule has 0 aromatic rings. The third-order valence-electron chi connectivity index (χ3n) is 1.80. The summed E-state index contributed by atoms with van der Waals surface area (Å²) in [5.41, 5.74) is 0. The van der Waals surface area contributed by atoms with E-state index >= 15 is 0 Å². The van der Waals surface area contributed by atoms with Crippen LogP contribution in [0.5, 0.6) is 0 Å². The summed E-state index contributed by atoms with van der Waals surface area (Å²) in [7, 11) is 0. The lowest BCUT2D eigenvalue weighted by Crippen LogP contribution is -2.32. The van der Waals surface area contributed by atoms with Gasteiger partial charge in [0, 0.05) is 6.04 Å². The van der Waals surface area contributed by atoms with Crippen LogP contribution >= 0.6 is 22.6 Å². The van der Waals surface area contributed by atoms with Crippen molar-refractivity contribution in [3.8, 4) is 0 Å². The van der Waals surface area contributed by atoms with Crippen LogP contribution in [0.4, 0.5) is 0 Å². The molecule has 0 aliphatic carbocycles. The van der Waals surface area contributed by atoms with Gasteiger partial charge in [0.1, 0.15) is 0 Å². The monoisotopic (exact) mass is 295 g/mol. The van der Waals surface area contributed by atoms with E-state index in [0.29, 0.717) is 9.50 Å². The fourth-order valence-corrected chi connectivity index (χ4v) is 1.11. The first-order valence-corrected chi connectivity index (χ1v) is 5.66. The molecular formula is C10H18INO. The summed E-state index contributed by atoms with van der Waals surface area (Å²) in [5.74, 6) is 0.652. The van der Waals surface area contributed by atoms with Crippen LogP contribution in [-0.2, 0) is 4.79 Å². The molecule has 0 rings (SSSR count). The van der Waals surface area contributed by atoms with Crippen molar-refractivity contribution in [1.29, 1.82) is 0 Å². The molecule has 0 spiro atoms. The van der Waals surface area contributed by atoms with Crippen LogP contribution in [0.3, 0.4) is 0 Å². The summed E-state index contributed by atoms with van der Waals surface area (Å²) >= 11 is 1.94. The van der Waals surface area contributed by atoms with Crippen molar-refractivity contribution in [3.63, 3.8) is 0 Å². The molecule has 0 saturated carbocycles. The molecule has 0 saturated heterocycles. The van der Waals surface area contributed by atoms with Gasteiger partial charge in [0.15, 0.2) is 0 Å². The van der Waals surface area contributed by atoms with Crippen molar-refractivity contribution < 1.29 is 4.79 Å². The van der Waals surface area contributed by atoms with Crippen LogP contribution in [0.1, 0.15) is 33.6 Å². The van der Waals surface area contributed by atoms with Gasteiger partial charge in [-0.05, 0) is 48.3 Å². The van der Waals surface area contributed by atoms with E-state index in [-0.39, 0.29) is 11.9 Å². The lowest BCUT2D eigenvalue weighted by molar-refractivity contribution is -0.117. The Kier molecular flexibility index (Phi) is 6.37. The number of carbonyl (C=O) groups is 1. The maximum Gasteiger partial charge on any atom is 0.257 e. The predicted molar refractivity (Wildman–Crippen MR) is 64.8 cm³/mol. The van der Waals surface area contributed by atoms with Gasteiger partial charge >= 0.3 is 0 Å². The van der Waals surface area contributed by atoms with Gasteiger partial charge in [0.05, 0.1) is 3.58 Å². The second-order valence-electron chi connectivity index (χ2n) is 3.75. The average Bonchev–Trinajstić information content (AvgIpc) is 2.00. The highest BCUT2D eigenvalue weighted by atomic mass is 127. The van der Waals surface area contributed by atoms with Crippen molar-refractivity contribution in [1.82, 2.24) is 5.32 Å². The first-order valence-electron chi connectivity index (χ1n) is 4.58. The zero-order valence-corrected chi connectivity index (χ0v) is 10.7. The third-order valence-corrected chi connectivity index (χ3v) is 2.29. The van der Waals surface area contributed by atoms with Gasteiger partial charge in [-0.25, -0.2) is 0 Å². The van der Waals surface area contributed by atoms with Crippen LogP contribution in [0.15, 0.2) is 10.2 Å². The third kappa shape index (κ3) is 7.05. The molecule has 0 bridgehead atoms. The molecule has 0 aromatic carbocycles. The van der Waals surface area contributed by atoms with E-state index in [1.54, 1.807) is 0 Å². The van der Waals surface area contributed by atoms with E-state index in [4.69, 9.17) is 0 Å². The largest absolute Gasteiger partial charge is 0.349 e. The number of nitrogens with one attached hydrogen (secondary N) is 1. The quantitative estimate of drug-likeness (QED) is 0.613. The Hall–Kier alpha value is -0.0600. The first kappa shape index (κ1) is 12.9. The van der Waals surface area contributed by atoms with E-state index in [1.165, 1.54) is 0 Å². The zero-order chi connectivity index (χ0) is 10.4. The average molecular weight is 295 g/mol. The minimum absolute atomic E-state index is 0.0446. The number of rotatable bonds is 5. The Labute approximate surface area is 94.3 Å². The van der Waals surface area contributed by atoms with Crippen LogP contribution in [0.2, 0.25) is 0 Å². The zero-order valence-electron chi connectivity index (χ0n) is 8.56. The van der Waals surface area contributed by atoms with Crippen molar-refractivity contribution in [2.24, 2.45) is 5.92 Å². The molecule has 1 unspecified atom stereocenters. The van der Waals surface area contributed by atoms with Crippen molar-refractivity contribution >= 4 is 28.5 Å². The van der Waals surface area contributed by atoms with Gasteiger partial charge < -0.3 is 5.32 Å². The van der Waals surface area contributed by atoms with E-state index in [0.717, 1.165) is 12.8 Å². The summed E-state index contributed by atoms with van der Waals surface area (Å²) < 4.78 is 0.550. The summed E-state index contributed by atoms with van der Waals surface area (Å²) in [6.07, 6.45) is 2.18. The molecule has 0 radical (unpaired) electrons. The van der Waals surface area contributed by atoms with Crippen molar-refractivity contribution in [2.75, 3.05) is 0 Å². The topological polar surface area (TPSA) is 29.1 Å². The molecule has 0 heterocycles. The Balaban J connectivity index is 3.68. The molecule has 13 heavy (non-hydrogen) atoms. The normalized spacial score (nSPS) is 12.7. The molecule has 0 aromatic heterocycles. The molecule has 3 heteroatoms. The van der Waals surface area contributed by atoms with Gasteiger partial charge in [-0.2, -0.15) is 0 Å². The fraction of sp³-hybridized carbons (Fsp3) is 0.700. The number of halogens is 1. The van der Waals surface area contributed by atoms with Crippen LogP contribution < -0.4 is 5.32 Å². The Morgan fingerprint density at radius 3 is 2.31 bits per heavy atom. The van der Waals surface area contributed by atoms with Gasteiger partial charge in [0.2, 0.25) is 0 Å². The van der Waals surface area contributed by atoms with Gasteiger partial charge in [-0.1, -0.05) is 20.4 Å². The van der Waals surface area contributed by atoms with E-state index in [1.807, 2.05) is 29.5 Å². The predicted octanol–water partition coefficient (Wildman–Crippen LogP) is 2.88. The smallest absolute Gasteiger partial charge is 0.257 e. The molecule has 0 aliphatic rings. The maximum atomic E-state index is 11.2. The maximum absolute atomic E-state index is 11.2. The molecule has 1 atom stereocenters. The standard InChI is InChI=1S/C10H18INO/c1-7(2)5-6-8(3)12-10(13)9(4)11/h7-8H,4-6H2,1-3H3,(H,12,13). The SMILES string of the molecule is C=C(I)C(=O)NC(C)CCC(C)C. The number of amides is 1. The second kappa shape index (κ2) is 6.40. The minimum Gasteiger partial charge on any atom is -0.349 e. The molecule has 76 valence electrons. The number of hydrogen-bond acceptors (Lipinski definition) is 1. The van der Waals surface area contributed by atoms with Gasteiger partial charge in [-0.3, -0.25) is 4.79 Å². The van der Waals surface area contributed by atoms with Crippen molar-refractivity contribution in [2.45, 2.75) is 39.7 Å². The Bertz CT molecular complexity index is 189. The highest BCUT2D eigenvalue weighted by molar-refractivity contribution is 14.1. The summed E-state index contributed by atoms with van der Waals surface area (Å²) in [5, 5.41) is 2.89. The molecule has 2 nitrogen and oxygen atoms in total. The van der Waals surface area contributed by atoms with Gasteiger partial charge in [-0.15, -0.1) is 0 Å². The molecule has 1 amide bonds. The lowest BCUT2D eigenvalue weighted by Gasteiger charge is -2.14. The van der Waals surface area contributed by atoms with E-state index < -0.39 is 0 Å². The highest BCUT2D eigenvalue weighted by Crippen LogP contribution is 2.08. The summed E-state index contributed by atoms with van der Waals surface area (Å²) in [6.45, 7) is 9.98. The van der Waals surface area contributed by atoms with E-state index in [2.05, 4.69) is 25.7 Å². The van der Waals surface area contributed by atoms with Crippen molar-refractivity contribution in [3.05, 3.63) is 10.2 Å². The van der Waals surface area contributed by atoms with Crippen LogP contribution in [-0.4, -0.2) is 11.9 Å². The van der Waals surface area contributed by atoms with Gasteiger partial charge in [0.25, 0.3) is 5.91 Å². The molecule has 0 fully saturated rings. The minimum atomic E-state index is -0.0446. The lowest BCUT2D eigenvalue weighted by atomic mass is 10.0. The number of hydrogen-bond donors (Lipinski definition) is 1. The fourth-order valence-electron chi connectivity index (χ4n) is 0.958. The summed E-state index contributed by atoms with van der Waals surface area (Å²) in [6, 6.07) is 0.251. The molecule has 0 aliphatic heterocycles. The van der Waals surface area contributed by atoms with E-state index in [9.17, 15) is 4.79 Å². The number of carbonyl (C=O) groups excluding carboxylic acids is 1. The Morgan fingerprint density at radius 2 is 1.92 bits per heavy atom.